The van der Waals surface area contributed by atoms with Crippen molar-refractivity contribution in [1.29, 1.82) is 0 Å². The number of unbranched alkanes of at least 4 members (excludes halogenated alkanes) is 1. The molecule has 33 heavy (non-hydrogen) atoms. The standard InChI is InChI=1S/C28H57NO2S2/c1-15-16-17-31-23(30)22(28(12,13)33-29(14)20-25(5,6)7)18-27(10,11)32-21-26(8,9)19-24(2,3)4/h22H,15-21H2,1-14H3. The van der Waals surface area contributed by atoms with E-state index in [1.165, 1.54) is 6.42 Å². The highest BCUT2D eigenvalue weighted by molar-refractivity contribution is 8.00. The third-order valence-electron chi connectivity index (χ3n) is 5.51. The zero-order chi connectivity index (χ0) is 26.3. The Kier molecular flexibility index (Phi) is 13.0. The molecule has 0 saturated carbocycles. The van der Waals surface area contributed by atoms with E-state index in [2.05, 4.69) is 101 Å². The molecule has 0 bridgehead atoms. The lowest BCUT2D eigenvalue weighted by molar-refractivity contribution is -0.150. The molecule has 1 atom stereocenters. The van der Waals surface area contributed by atoms with E-state index in [1.807, 2.05) is 11.8 Å². The summed E-state index contributed by atoms with van der Waals surface area (Å²) in [6.07, 6.45) is 3.96. The summed E-state index contributed by atoms with van der Waals surface area (Å²) in [6, 6.07) is 0. The maximum absolute atomic E-state index is 13.3. The van der Waals surface area contributed by atoms with Gasteiger partial charge in [0.25, 0.3) is 0 Å². The van der Waals surface area contributed by atoms with Crippen molar-refractivity contribution in [2.75, 3.05) is 26.0 Å². The van der Waals surface area contributed by atoms with Crippen LogP contribution in [0.2, 0.25) is 0 Å². The van der Waals surface area contributed by atoms with Crippen LogP contribution in [0.15, 0.2) is 0 Å². The molecule has 0 radical (unpaired) electrons. The Labute approximate surface area is 216 Å². The lowest BCUT2D eigenvalue weighted by Gasteiger charge is -2.41. The number of nitrogens with zero attached hydrogens (tertiary/aromatic N) is 1. The average molecular weight is 504 g/mol. The first-order valence-corrected chi connectivity index (χ1v) is 14.6. The van der Waals surface area contributed by atoms with E-state index in [1.54, 1.807) is 11.9 Å². The molecule has 0 aliphatic carbocycles. The van der Waals surface area contributed by atoms with E-state index in [9.17, 15) is 4.79 Å². The van der Waals surface area contributed by atoms with Crippen molar-refractivity contribution < 1.29 is 9.53 Å². The van der Waals surface area contributed by atoms with Gasteiger partial charge in [-0.25, -0.2) is 0 Å². The Bertz CT molecular complexity index is 586. The van der Waals surface area contributed by atoms with Crippen molar-refractivity contribution in [3.8, 4) is 0 Å². The van der Waals surface area contributed by atoms with Gasteiger partial charge in [-0.05, 0) is 62.2 Å². The van der Waals surface area contributed by atoms with Crippen LogP contribution in [-0.4, -0.2) is 45.7 Å². The maximum atomic E-state index is 13.3. The van der Waals surface area contributed by atoms with Crippen molar-refractivity contribution in [3.63, 3.8) is 0 Å². The monoisotopic (exact) mass is 503 g/mol. The second-order valence-corrected chi connectivity index (χ2v) is 17.8. The second-order valence-electron chi connectivity index (χ2n) is 14.3. The predicted molar refractivity (Wildman–Crippen MR) is 152 cm³/mol. The van der Waals surface area contributed by atoms with E-state index in [0.717, 1.165) is 31.6 Å². The number of thioether (sulfide) groups is 1. The zero-order valence-corrected chi connectivity index (χ0v) is 26.2. The first-order valence-electron chi connectivity index (χ1n) is 12.8. The van der Waals surface area contributed by atoms with Gasteiger partial charge in [-0.3, -0.25) is 9.10 Å². The fraction of sp³-hybridized carbons (Fsp3) is 0.964. The minimum Gasteiger partial charge on any atom is -0.465 e. The molecular formula is C28H57NO2S2. The van der Waals surface area contributed by atoms with Crippen molar-refractivity contribution >= 4 is 29.7 Å². The minimum absolute atomic E-state index is 0.00990. The third kappa shape index (κ3) is 15.7. The highest BCUT2D eigenvalue weighted by atomic mass is 32.2. The Morgan fingerprint density at radius 2 is 1.45 bits per heavy atom. The molecule has 0 aromatic heterocycles. The number of carbonyl (C=O) groups is 1. The molecule has 5 heteroatoms. The number of esters is 1. The SMILES string of the molecule is CCCCOC(=O)C(CC(C)(C)SCC(C)(C)CC(C)(C)C)C(C)(C)SN(C)CC(C)(C)C. The highest BCUT2D eigenvalue weighted by Gasteiger charge is 2.42. The summed E-state index contributed by atoms with van der Waals surface area (Å²) < 4.78 is 7.84. The second kappa shape index (κ2) is 12.9. The predicted octanol–water partition coefficient (Wildman–Crippen LogP) is 8.71. The molecule has 0 aliphatic heterocycles. The van der Waals surface area contributed by atoms with Gasteiger partial charge in [-0.15, -0.1) is 0 Å². The molecule has 0 rings (SSSR count). The molecule has 0 spiro atoms. The van der Waals surface area contributed by atoms with E-state index < -0.39 is 0 Å². The lowest BCUT2D eigenvalue weighted by Crippen LogP contribution is -2.42. The van der Waals surface area contributed by atoms with Gasteiger partial charge < -0.3 is 4.74 Å². The highest BCUT2D eigenvalue weighted by Crippen LogP contribution is 2.45. The van der Waals surface area contributed by atoms with Gasteiger partial charge in [0.1, 0.15) is 0 Å². The molecule has 0 fully saturated rings. The third-order valence-corrected chi connectivity index (χ3v) is 8.58. The molecule has 0 aromatic carbocycles. The Morgan fingerprint density at radius 1 is 0.909 bits per heavy atom. The summed E-state index contributed by atoms with van der Waals surface area (Å²) in [5.74, 6) is 0.898. The fourth-order valence-corrected chi connectivity index (χ4v) is 7.35. The number of carbonyl (C=O) groups excluding carboxylic acids is 1. The lowest BCUT2D eigenvalue weighted by atomic mass is 9.77. The quantitative estimate of drug-likeness (QED) is 0.134. The minimum atomic E-state index is -0.248. The van der Waals surface area contributed by atoms with E-state index in [-0.39, 0.29) is 32.2 Å². The van der Waals surface area contributed by atoms with Gasteiger partial charge in [0, 0.05) is 16.0 Å². The van der Waals surface area contributed by atoms with Crippen LogP contribution in [0, 0.1) is 22.2 Å². The smallest absolute Gasteiger partial charge is 0.310 e. The van der Waals surface area contributed by atoms with Crippen LogP contribution >= 0.6 is 23.7 Å². The molecule has 3 nitrogen and oxygen atoms in total. The molecule has 198 valence electrons. The largest absolute Gasteiger partial charge is 0.465 e. The summed E-state index contributed by atoms with van der Waals surface area (Å²) >= 11 is 3.81. The van der Waals surface area contributed by atoms with Crippen LogP contribution in [0.4, 0.5) is 0 Å². The number of hydrogen-bond donors (Lipinski definition) is 0. The van der Waals surface area contributed by atoms with Gasteiger partial charge in [-0.2, -0.15) is 11.8 Å². The van der Waals surface area contributed by atoms with Crippen molar-refractivity contribution in [1.82, 2.24) is 4.31 Å². The number of hydrogen-bond acceptors (Lipinski definition) is 5. The summed E-state index contributed by atoms with van der Waals surface area (Å²) in [5, 5.41) is 0. The first-order chi connectivity index (χ1) is 14.6. The van der Waals surface area contributed by atoms with Crippen LogP contribution in [-0.2, 0) is 9.53 Å². The maximum Gasteiger partial charge on any atom is 0.310 e. The van der Waals surface area contributed by atoms with Crippen LogP contribution in [0.25, 0.3) is 0 Å². The average Bonchev–Trinajstić information content (AvgIpc) is 2.54. The Morgan fingerprint density at radius 3 is 1.91 bits per heavy atom. The van der Waals surface area contributed by atoms with Gasteiger partial charge in [-0.1, -0.05) is 94.5 Å². The summed E-state index contributed by atoms with van der Waals surface area (Å²) in [5.41, 5.74) is 0.785. The Balaban J connectivity index is 5.52. The molecular weight excluding hydrogens is 446 g/mol. The summed E-state index contributed by atoms with van der Waals surface area (Å²) in [7, 11) is 2.14. The molecule has 0 N–H and O–H groups in total. The van der Waals surface area contributed by atoms with Crippen LogP contribution in [0.5, 0.6) is 0 Å². The molecule has 1 unspecified atom stereocenters. The van der Waals surface area contributed by atoms with Gasteiger partial charge in [0.2, 0.25) is 0 Å². The fourth-order valence-electron chi connectivity index (χ4n) is 4.62. The molecule has 0 heterocycles. The number of rotatable bonds is 14. The molecule has 0 aliphatic rings. The topological polar surface area (TPSA) is 29.5 Å². The summed E-state index contributed by atoms with van der Waals surface area (Å²) in [6.45, 7) is 31.1. The zero-order valence-electron chi connectivity index (χ0n) is 24.6. The van der Waals surface area contributed by atoms with Crippen molar-refractivity contribution in [2.24, 2.45) is 22.2 Å². The van der Waals surface area contributed by atoms with Crippen LogP contribution in [0.3, 0.4) is 0 Å². The Hall–Kier alpha value is 0.130. The van der Waals surface area contributed by atoms with E-state index in [4.69, 9.17) is 4.74 Å². The van der Waals surface area contributed by atoms with Gasteiger partial charge in [0.05, 0.1) is 12.5 Å². The van der Waals surface area contributed by atoms with Crippen molar-refractivity contribution in [2.45, 2.75) is 125 Å². The molecule has 0 aromatic rings. The number of ether oxygens (including phenoxy) is 1. The van der Waals surface area contributed by atoms with Gasteiger partial charge in [0.15, 0.2) is 0 Å². The normalized spacial score (nSPS) is 15.1. The van der Waals surface area contributed by atoms with E-state index >= 15 is 0 Å². The summed E-state index contributed by atoms with van der Waals surface area (Å²) in [4.78, 5) is 13.3. The van der Waals surface area contributed by atoms with Crippen LogP contribution in [0.1, 0.15) is 116 Å². The molecule has 0 amide bonds. The van der Waals surface area contributed by atoms with Gasteiger partial charge >= 0.3 is 5.97 Å². The van der Waals surface area contributed by atoms with Crippen molar-refractivity contribution in [3.05, 3.63) is 0 Å². The molecule has 0 saturated heterocycles. The van der Waals surface area contributed by atoms with E-state index in [0.29, 0.717) is 12.0 Å². The first kappa shape index (κ1) is 33.1. The van der Waals surface area contributed by atoms with Crippen LogP contribution < -0.4 is 0 Å².